The maximum atomic E-state index is 12.7. The number of nitrogens with zero attached hydrogens (tertiary/aromatic N) is 2. The second-order valence-corrected chi connectivity index (χ2v) is 8.41. The summed E-state index contributed by atoms with van der Waals surface area (Å²) < 4.78 is 8.65. The van der Waals surface area contributed by atoms with Crippen molar-refractivity contribution in [1.82, 2.24) is 14.8 Å². The maximum absolute atomic E-state index is 12.7. The lowest BCUT2D eigenvalue weighted by Gasteiger charge is -2.24. The molecule has 32 heavy (non-hydrogen) atoms. The van der Waals surface area contributed by atoms with Crippen LogP contribution in [0.1, 0.15) is 12.5 Å². The van der Waals surface area contributed by atoms with Crippen molar-refractivity contribution in [2.45, 2.75) is 13.5 Å². The average molecular weight is 517 g/mol. The number of ether oxygens (including phenoxy) is 1. The molecule has 1 aliphatic rings. The third kappa shape index (κ3) is 4.28. The normalized spacial score (nSPS) is 15.5. The minimum Gasteiger partial charge on any atom is -0.490 e. The van der Waals surface area contributed by atoms with Crippen molar-refractivity contribution in [3.05, 3.63) is 69.3 Å². The maximum Gasteiger partial charge on any atom is 0.331 e. The molecular formula is C23H19BrClN3O4. The number of likely N-dealkylation sites (N-methyl/N-ethyl adjacent to an activating group) is 1. The van der Waals surface area contributed by atoms with E-state index in [0.717, 1.165) is 20.3 Å². The summed E-state index contributed by atoms with van der Waals surface area (Å²) in [5.41, 5.74) is 1.51. The van der Waals surface area contributed by atoms with Gasteiger partial charge in [-0.05, 0) is 43.3 Å². The van der Waals surface area contributed by atoms with Crippen LogP contribution in [0.3, 0.4) is 0 Å². The first-order valence-corrected chi connectivity index (χ1v) is 11.1. The Bertz CT molecular complexity index is 1270. The van der Waals surface area contributed by atoms with Gasteiger partial charge in [-0.3, -0.25) is 19.8 Å². The summed E-state index contributed by atoms with van der Waals surface area (Å²) in [6.07, 6.45) is 3.38. The fraction of sp³-hybridized carbons (Fsp3) is 0.174. The third-order valence-corrected chi connectivity index (χ3v) is 5.91. The van der Waals surface area contributed by atoms with Gasteiger partial charge >= 0.3 is 6.03 Å². The number of imide groups is 2. The van der Waals surface area contributed by atoms with Crippen LogP contribution in [0.5, 0.6) is 5.75 Å². The first-order valence-electron chi connectivity index (χ1n) is 9.93. The van der Waals surface area contributed by atoms with Crippen LogP contribution in [0.25, 0.3) is 17.0 Å². The highest BCUT2D eigenvalue weighted by Gasteiger charge is 2.34. The number of hydrogen-bond acceptors (Lipinski definition) is 4. The molecule has 4 amide bonds. The van der Waals surface area contributed by atoms with Gasteiger partial charge in [0.25, 0.3) is 11.8 Å². The van der Waals surface area contributed by atoms with Crippen molar-refractivity contribution in [2.24, 2.45) is 0 Å². The monoisotopic (exact) mass is 515 g/mol. The van der Waals surface area contributed by atoms with Gasteiger partial charge in [0.05, 0.1) is 11.6 Å². The molecule has 2 aromatic carbocycles. The number of para-hydroxylation sites is 1. The fourth-order valence-electron chi connectivity index (χ4n) is 3.55. The van der Waals surface area contributed by atoms with E-state index in [0.29, 0.717) is 29.5 Å². The van der Waals surface area contributed by atoms with E-state index < -0.39 is 17.8 Å². The fourth-order valence-corrected chi connectivity index (χ4v) is 4.10. The molecular weight excluding hydrogens is 498 g/mol. The molecule has 0 bridgehead atoms. The Morgan fingerprint density at radius 1 is 1.16 bits per heavy atom. The Morgan fingerprint density at radius 2 is 1.94 bits per heavy atom. The molecule has 1 fully saturated rings. The topological polar surface area (TPSA) is 80.6 Å². The zero-order chi connectivity index (χ0) is 22.8. The van der Waals surface area contributed by atoms with E-state index in [1.165, 1.54) is 6.08 Å². The van der Waals surface area contributed by atoms with Gasteiger partial charge in [0.2, 0.25) is 0 Å². The van der Waals surface area contributed by atoms with Crippen LogP contribution in [0.2, 0.25) is 5.02 Å². The lowest BCUT2D eigenvalue weighted by molar-refractivity contribution is -0.129. The second kappa shape index (κ2) is 9.18. The quantitative estimate of drug-likeness (QED) is 0.383. The van der Waals surface area contributed by atoms with Gasteiger partial charge in [0.1, 0.15) is 17.9 Å². The molecule has 3 aromatic rings. The van der Waals surface area contributed by atoms with Gasteiger partial charge in [0, 0.05) is 33.7 Å². The first-order chi connectivity index (χ1) is 15.4. The second-order valence-electron chi connectivity index (χ2n) is 7.08. The summed E-state index contributed by atoms with van der Waals surface area (Å²) in [5, 5.41) is 3.61. The molecule has 0 unspecified atom stereocenters. The van der Waals surface area contributed by atoms with Gasteiger partial charge in [0.15, 0.2) is 0 Å². The number of carbonyl (C=O) groups is 3. The van der Waals surface area contributed by atoms with Crippen molar-refractivity contribution in [1.29, 1.82) is 0 Å². The number of urea groups is 1. The van der Waals surface area contributed by atoms with Gasteiger partial charge in [-0.25, -0.2) is 4.79 Å². The number of barbiturate groups is 1. The lowest BCUT2D eigenvalue weighted by atomic mass is 10.1. The molecule has 1 N–H and O–H groups in total. The molecule has 9 heteroatoms. The molecule has 164 valence electrons. The summed E-state index contributed by atoms with van der Waals surface area (Å²) in [6, 6.07) is 12.3. The molecule has 2 heterocycles. The van der Waals surface area contributed by atoms with E-state index >= 15 is 0 Å². The molecule has 0 atom stereocenters. The molecule has 1 saturated heterocycles. The predicted molar refractivity (Wildman–Crippen MR) is 125 cm³/mol. The highest BCUT2D eigenvalue weighted by Crippen LogP contribution is 2.28. The average Bonchev–Trinajstić information content (AvgIpc) is 3.09. The molecule has 1 aromatic heterocycles. The van der Waals surface area contributed by atoms with Crippen LogP contribution in [0.4, 0.5) is 4.79 Å². The minimum absolute atomic E-state index is 0.0854. The number of nitrogens with one attached hydrogen (secondary N) is 1. The zero-order valence-electron chi connectivity index (χ0n) is 17.1. The van der Waals surface area contributed by atoms with Gasteiger partial charge in [-0.2, -0.15) is 0 Å². The first kappa shape index (κ1) is 22.1. The SMILES string of the molecule is CCN1C(=O)NC(=O)/C(=C\c2cn(CCOc3ccccc3Cl)c3ccc(Br)cc23)C1=O. The largest absolute Gasteiger partial charge is 0.490 e. The highest BCUT2D eigenvalue weighted by atomic mass is 79.9. The van der Waals surface area contributed by atoms with Crippen molar-refractivity contribution < 1.29 is 19.1 Å². The van der Waals surface area contributed by atoms with Crippen molar-refractivity contribution in [3.8, 4) is 5.75 Å². The Kier molecular flexibility index (Phi) is 6.34. The third-order valence-electron chi connectivity index (χ3n) is 5.10. The Hall–Kier alpha value is -3.10. The van der Waals surface area contributed by atoms with Crippen LogP contribution >= 0.6 is 27.5 Å². The standard InChI is InChI=1S/C23H19BrClN3O4/c1-2-28-22(30)17(21(29)26-23(28)31)11-14-13-27(19-8-7-15(24)12-16(14)19)9-10-32-20-6-4-3-5-18(20)25/h3-8,11-13H,2,9-10H2,1H3,(H,26,29,31)/b17-11+. The number of hydrogen-bond donors (Lipinski definition) is 1. The van der Waals surface area contributed by atoms with E-state index in [4.69, 9.17) is 16.3 Å². The Balaban J connectivity index is 1.66. The van der Waals surface area contributed by atoms with Gasteiger partial charge in [-0.1, -0.05) is 39.7 Å². The van der Waals surface area contributed by atoms with Crippen molar-refractivity contribution in [2.75, 3.05) is 13.2 Å². The number of halogens is 2. The van der Waals surface area contributed by atoms with E-state index in [1.54, 1.807) is 19.1 Å². The molecule has 0 saturated carbocycles. The van der Waals surface area contributed by atoms with Gasteiger partial charge in [-0.15, -0.1) is 0 Å². The zero-order valence-corrected chi connectivity index (χ0v) is 19.4. The number of amides is 4. The number of benzene rings is 2. The van der Waals surface area contributed by atoms with E-state index in [9.17, 15) is 14.4 Å². The van der Waals surface area contributed by atoms with Crippen LogP contribution in [0, 0.1) is 0 Å². The number of carbonyl (C=O) groups excluding carboxylic acids is 3. The lowest BCUT2D eigenvalue weighted by Crippen LogP contribution is -2.53. The predicted octanol–water partition coefficient (Wildman–Crippen LogP) is 4.62. The van der Waals surface area contributed by atoms with Gasteiger partial charge < -0.3 is 9.30 Å². The number of aromatic nitrogens is 1. The van der Waals surface area contributed by atoms with Crippen LogP contribution in [-0.2, 0) is 16.1 Å². The minimum atomic E-state index is -0.707. The van der Waals surface area contributed by atoms with E-state index in [2.05, 4.69) is 21.2 Å². The summed E-state index contributed by atoms with van der Waals surface area (Å²) in [4.78, 5) is 37.9. The number of rotatable bonds is 6. The summed E-state index contributed by atoms with van der Waals surface area (Å²) >= 11 is 9.63. The van der Waals surface area contributed by atoms with E-state index in [1.807, 2.05) is 41.1 Å². The molecule has 7 nitrogen and oxygen atoms in total. The van der Waals surface area contributed by atoms with Crippen molar-refractivity contribution in [3.63, 3.8) is 0 Å². The molecule has 1 aliphatic heterocycles. The summed E-state index contributed by atoms with van der Waals surface area (Å²) in [7, 11) is 0. The highest BCUT2D eigenvalue weighted by molar-refractivity contribution is 9.10. The summed E-state index contributed by atoms with van der Waals surface area (Å²) in [5.74, 6) is -0.716. The number of fused-ring (bicyclic) bond motifs is 1. The van der Waals surface area contributed by atoms with E-state index in [-0.39, 0.29) is 12.1 Å². The molecule has 0 aliphatic carbocycles. The van der Waals surface area contributed by atoms with Crippen LogP contribution in [-0.4, -0.2) is 40.5 Å². The van der Waals surface area contributed by atoms with Crippen molar-refractivity contribution >= 4 is 62.4 Å². The van der Waals surface area contributed by atoms with Crippen LogP contribution in [0.15, 0.2) is 58.7 Å². The molecule has 4 rings (SSSR count). The molecule has 0 spiro atoms. The Labute approximate surface area is 197 Å². The smallest absolute Gasteiger partial charge is 0.331 e. The molecule has 0 radical (unpaired) electrons. The van der Waals surface area contributed by atoms with Crippen LogP contribution < -0.4 is 10.1 Å². The Morgan fingerprint density at radius 3 is 2.69 bits per heavy atom. The summed E-state index contributed by atoms with van der Waals surface area (Å²) in [6.45, 7) is 2.73.